The largest absolute Gasteiger partial charge is 0.296 e. The van der Waals surface area contributed by atoms with Crippen LogP contribution in [-0.2, 0) is 22.9 Å². The number of aryl methyl sites for hydroxylation is 1. The molecule has 3 aromatic rings. The summed E-state index contributed by atoms with van der Waals surface area (Å²) in [5.74, 6) is -0.275. The van der Waals surface area contributed by atoms with Gasteiger partial charge in [-0.3, -0.25) is 9.36 Å². The maximum Gasteiger partial charge on any atom is 0.257 e. The molecule has 2 aromatic carbocycles. The lowest BCUT2D eigenvalue weighted by atomic mass is 9.78. The van der Waals surface area contributed by atoms with E-state index in [-0.39, 0.29) is 29.3 Å². The van der Waals surface area contributed by atoms with E-state index in [2.05, 4.69) is 34.0 Å². The summed E-state index contributed by atoms with van der Waals surface area (Å²) >= 11 is 0. The number of fused-ring (bicyclic) bond motifs is 1. The Kier molecular flexibility index (Phi) is 6.81. The molecule has 0 spiro atoms. The van der Waals surface area contributed by atoms with E-state index in [9.17, 15) is 13.2 Å². The van der Waals surface area contributed by atoms with Crippen LogP contribution < -0.4 is 10.3 Å². The molecule has 1 aromatic heterocycles. The summed E-state index contributed by atoms with van der Waals surface area (Å²) < 4.78 is 29.4. The fourth-order valence-corrected chi connectivity index (χ4v) is 5.52. The summed E-state index contributed by atoms with van der Waals surface area (Å²) in [5, 5.41) is 0. The molecule has 4 rings (SSSR count). The summed E-state index contributed by atoms with van der Waals surface area (Å²) in [6.07, 6.45) is 3.38. The van der Waals surface area contributed by atoms with Crippen molar-refractivity contribution in [3.8, 4) is 11.1 Å². The zero-order valence-electron chi connectivity index (χ0n) is 19.4. The molecule has 0 aliphatic heterocycles. The minimum Gasteiger partial charge on any atom is -0.296 e. The number of nitrogens with zero attached hydrogens (tertiary/aromatic N) is 2. The van der Waals surface area contributed by atoms with E-state index in [4.69, 9.17) is 0 Å². The molecule has 1 heterocycles. The molecule has 33 heavy (non-hydrogen) atoms. The summed E-state index contributed by atoms with van der Waals surface area (Å²) in [5.41, 5.74) is 4.64. The minimum absolute atomic E-state index is 0.00976. The molecular formula is C26H31N3O3S. The molecule has 2 unspecified atom stereocenters. The van der Waals surface area contributed by atoms with Gasteiger partial charge in [-0.25, -0.2) is 18.1 Å². The molecule has 6 nitrogen and oxygen atoms in total. The molecule has 0 bridgehead atoms. The highest BCUT2D eigenvalue weighted by molar-refractivity contribution is 7.89. The quantitative estimate of drug-likeness (QED) is 0.570. The van der Waals surface area contributed by atoms with E-state index in [1.165, 1.54) is 0 Å². The SMILES string of the molecule is CCS(=O)(=O)NC1CCc2ncn(C(C)C)c(=O)c2C1Cc1cccc(-c2ccccc2)c1. The first-order valence-corrected chi connectivity index (χ1v) is 13.2. The van der Waals surface area contributed by atoms with Gasteiger partial charge in [0.1, 0.15) is 0 Å². The number of rotatable bonds is 7. The van der Waals surface area contributed by atoms with Crippen LogP contribution in [0.15, 0.2) is 65.7 Å². The molecule has 1 N–H and O–H groups in total. The standard InChI is InChI=1S/C26H31N3O3S/c1-4-33(31,32)28-23-13-14-24-25(26(30)29(17-27-24)18(2)3)22(23)16-19-9-8-12-21(15-19)20-10-6-5-7-11-20/h5-12,15,17-18,22-23,28H,4,13-14,16H2,1-3H3. The van der Waals surface area contributed by atoms with Crippen LogP contribution in [0.5, 0.6) is 0 Å². The van der Waals surface area contributed by atoms with Crippen molar-refractivity contribution in [2.75, 3.05) is 5.75 Å². The topological polar surface area (TPSA) is 81.1 Å². The average Bonchev–Trinajstić information content (AvgIpc) is 2.81. The Morgan fingerprint density at radius 3 is 2.52 bits per heavy atom. The van der Waals surface area contributed by atoms with Gasteiger partial charge in [-0.2, -0.15) is 0 Å². The van der Waals surface area contributed by atoms with Crippen molar-refractivity contribution in [2.45, 2.75) is 58.0 Å². The van der Waals surface area contributed by atoms with Crippen LogP contribution >= 0.6 is 0 Å². The number of sulfonamides is 1. The third-order valence-corrected chi connectivity index (χ3v) is 7.84. The van der Waals surface area contributed by atoms with Gasteiger partial charge in [0.05, 0.1) is 17.8 Å². The van der Waals surface area contributed by atoms with Gasteiger partial charge in [0.2, 0.25) is 10.0 Å². The van der Waals surface area contributed by atoms with Gasteiger partial charge >= 0.3 is 0 Å². The molecular weight excluding hydrogens is 434 g/mol. The van der Waals surface area contributed by atoms with Gasteiger partial charge in [0, 0.05) is 23.6 Å². The summed E-state index contributed by atoms with van der Waals surface area (Å²) in [6.45, 7) is 5.53. The zero-order chi connectivity index (χ0) is 23.6. The highest BCUT2D eigenvalue weighted by atomic mass is 32.2. The third-order valence-electron chi connectivity index (χ3n) is 6.42. The second-order valence-electron chi connectivity index (χ2n) is 8.95. The molecule has 1 aliphatic carbocycles. The molecule has 7 heteroatoms. The molecule has 0 amide bonds. The molecule has 1 aliphatic rings. The monoisotopic (exact) mass is 465 g/mol. The maximum atomic E-state index is 13.5. The van der Waals surface area contributed by atoms with Crippen LogP contribution in [0.2, 0.25) is 0 Å². The van der Waals surface area contributed by atoms with Crippen LogP contribution in [0, 0.1) is 0 Å². The Balaban J connectivity index is 1.77. The highest BCUT2D eigenvalue weighted by Gasteiger charge is 2.35. The minimum atomic E-state index is -3.42. The Morgan fingerprint density at radius 1 is 1.09 bits per heavy atom. The first kappa shape index (κ1) is 23.4. The number of benzene rings is 2. The third kappa shape index (κ3) is 5.09. The summed E-state index contributed by atoms with van der Waals surface area (Å²) in [4.78, 5) is 18.1. The molecule has 2 atom stereocenters. The van der Waals surface area contributed by atoms with Crippen molar-refractivity contribution in [1.29, 1.82) is 0 Å². The Labute approximate surface area is 195 Å². The number of hydrogen-bond acceptors (Lipinski definition) is 4. The fourth-order valence-electron chi connectivity index (χ4n) is 4.61. The van der Waals surface area contributed by atoms with Gasteiger partial charge in [0.25, 0.3) is 5.56 Å². The molecule has 0 saturated heterocycles. The maximum absolute atomic E-state index is 13.5. The van der Waals surface area contributed by atoms with Crippen molar-refractivity contribution >= 4 is 10.0 Å². The molecule has 0 saturated carbocycles. The van der Waals surface area contributed by atoms with E-state index < -0.39 is 10.0 Å². The van der Waals surface area contributed by atoms with Crippen molar-refractivity contribution in [3.05, 3.63) is 88.1 Å². The van der Waals surface area contributed by atoms with Crippen LogP contribution in [0.1, 0.15) is 56.0 Å². The summed E-state index contributed by atoms with van der Waals surface area (Å²) in [7, 11) is -3.42. The lowest BCUT2D eigenvalue weighted by molar-refractivity contribution is 0.412. The van der Waals surface area contributed by atoms with Crippen LogP contribution in [0.25, 0.3) is 11.1 Å². The van der Waals surface area contributed by atoms with Crippen LogP contribution in [0.3, 0.4) is 0 Å². The number of nitrogens with one attached hydrogen (secondary N) is 1. The average molecular weight is 466 g/mol. The predicted octanol–water partition coefficient (Wildman–Crippen LogP) is 4.07. The van der Waals surface area contributed by atoms with E-state index in [0.717, 1.165) is 22.4 Å². The van der Waals surface area contributed by atoms with Gasteiger partial charge in [-0.15, -0.1) is 0 Å². The van der Waals surface area contributed by atoms with E-state index in [0.29, 0.717) is 24.8 Å². The van der Waals surface area contributed by atoms with Crippen molar-refractivity contribution in [3.63, 3.8) is 0 Å². The smallest absolute Gasteiger partial charge is 0.257 e. The lowest BCUT2D eigenvalue weighted by Gasteiger charge is -2.33. The number of aromatic nitrogens is 2. The zero-order valence-corrected chi connectivity index (χ0v) is 20.2. The normalized spacial score (nSPS) is 18.3. The van der Waals surface area contributed by atoms with Crippen molar-refractivity contribution in [1.82, 2.24) is 14.3 Å². The van der Waals surface area contributed by atoms with E-state index in [1.54, 1.807) is 17.8 Å². The second-order valence-corrected chi connectivity index (χ2v) is 11.0. The first-order valence-electron chi connectivity index (χ1n) is 11.5. The van der Waals surface area contributed by atoms with Gasteiger partial charge in [-0.05, 0) is 56.7 Å². The fraction of sp³-hybridized carbons (Fsp3) is 0.385. The molecule has 174 valence electrons. The number of hydrogen-bond donors (Lipinski definition) is 1. The highest BCUT2D eigenvalue weighted by Crippen LogP contribution is 2.33. The first-order chi connectivity index (χ1) is 15.8. The van der Waals surface area contributed by atoms with Gasteiger partial charge < -0.3 is 0 Å². The summed E-state index contributed by atoms with van der Waals surface area (Å²) in [6, 6.07) is 18.0. The second kappa shape index (κ2) is 9.61. The van der Waals surface area contributed by atoms with Gasteiger partial charge in [-0.1, -0.05) is 54.6 Å². The molecule has 0 radical (unpaired) electrons. The van der Waals surface area contributed by atoms with Crippen molar-refractivity contribution < 1.29 is 8.42 Å². The predicted molar refractivity (Wildman–Crippen MR) is 132 cm³/mol. The Hall–Kier alpha value is -2.77. The van der Waals surface area contributed by atoms with E-state index >= 15 is 0 Å². The van der Waals surface area contributed by atoms with Crippen LogP contribution in [-0.4, -0.2) is 29.8 Å². The lowest BCUT2D eigenvalue weighted by Crippen LogP contribution is -2.46. The van der Waals surface area contributed by atoms with E-state index in [1.807, 2.05) is 44.2 Å². The Morgan fingerprint density at radius 2 is 1.82 bits per heavy atom. The van der Waals surface area contributed by atoms with Gasteiger partial charge in [0.15, 0.2) is 0 Å². The Bertz CT molecular complexity index is 1280. The van der Waals surface area contributed by atoms with Crippen LogP contribution in [0.4, 0.5) is 0 Å². The van der Waals surface area contributed by atoms with Crippen molar-refractivity contribution in [2.24, 2.45) is 0 Å². The molecule has 0 fully saturated rings.